The normalized spacial score (nSPS) is 23.3. The van der Waals surface area contributed by atoms with E-state index in [1.807, 2.05) is 6.92 Å². The Morgan fingerprint density at radius 3 is 2.95 bits per heavy atom. The Labute approximate surface area is 128 Å². The van der Waals surface area contributed by atoms with Gasteiger partial charge in [0.15, 0.2) is 0 Å². The zero-order valence-electron chi connectivity index (χ0n) is 12.4. The van der Waals surface area contributed by atoms with Crippen LogP contribution < -0.4 is 16.2 Å². The Bertz CT molecular complexity index is 654. The second kappa shape index (κ2) is 5.40. The van der Waals surface area contributed by atoms with Crippen molar-refractivity contribution >= 4 is 33.3 Å². The second-order valence-corrected chi connectivity index (χ2v) is 7.16. The van der Waals surface area contributed by atoms with Crippen LogP contribution in [0.5, 0.6) is 0 Å². The van der Waals surface area contributed by atoms with Crippen LogP contribution in [0.4, 0.5) is 11.8 Å². The maximum atomic E-state index is 10.2. The van der Waals surface area contributed by atoms with Crippen molar-refractivity contribution in [3.63, 3.8) is 0 Å². The number of nitrogen functional groups attached to an aromatic ring is 1. The van der Waals surface area contributed by atoms with E-state index in [1.165, 1.54) is 4.88 Å². The van der Waals surface area contributed by atoms with Gasteiger partial charge < -0.3 is 10.0 Å². The first-order valence-electron chi connectivity index (χ1n) is 7.21. The first kappa shape index (κ1) is 14.5. The van der Waals surface area contributed by atoms with E-state index in [4.69, 9.17) is 5.84 Å². The Balaban J connectivity index is 2.02. The van der Waals surface area contributed by atoms with E-state index in [1.54, 1.807) is 11.3 Å². The lowest BCUT2D eigenvalue weighted by molar-refractivity contribution is 0.0481. The quantitative estimate of drug-likeness (QED) is 0.581. The number of hydrogen-bond donors (Lipinski definition) is 3. The molecule has 0 spiro atoms. The highest BCUT2D eigenvalue weighted by atomic mass is 32.1. The van der Waals surface area contributed by atoms with Crippen LogP contribution in [-0.2, 0) is 0 Å². The molecule has 0 aromatic carbocycles. The Morgan fingerprint density at radius 1 is 1.38 bits per heavy atom. The molecule has 6 nitrogen and oxygen atoms in total. The van der Waals surface area contributed by atoms with Gasteiger partial charge >= 0.3 is 0 Å². The summed E-state index contributed by atoms with van der Waals surface area (Å²) in [6.07, 6.45) is 2.52. The highest BCUT2D eigenvalue weighted by molar-refractivity contribution is 7.18. The standard InChI is InChI=1S/C14H21N5OS/c1-9-8-10-11(16-13(18-15)17-12(10)21-9)19-6-3-4-14(2,20)5-7-19/h8,20H,3-7,15H2,1-2H3,(H,16,17,18). The predicted octanol–water partition coefficient (Wildman–Crippen LogP) is 2.03. The van der Waals surface area contributed by atoms with Crippen molar-refractivity contribution in [2.24, 2.45) is 5.84 Å². The fraction of sp³-hybridized carbons (Fsp3) is 0.571. The first-order valence-corrected chi connectivity index (χ1v) is 8.02. The van der Waals surface area contributed by atoms with Crippen molar-refractivity contribution in [1.29, 1.82) is 0 Å². The monoisotopic (exact) mass is 307 g/mol. The predicted molar refractivity (Wildman–Crippen MR) is 86.6 cm³/mol. The van der Waals surface area contributed by atoms with Crippen LogP contribution in [0.3, 0.4) is 0 Å². The maximum absolute atomic E-state index is 10.2. The molecule has 21 heavy (non-hydrogen) atoms. The number of nitrogens with zero attached hydrogens (tertiary/aromatic N) is 3. The van der Waals surface area contributed by atoms with Gasteiger partial charge in [-0.25, -0.2) is 10.8 Å². The number of aliphatic hydroxyl groups is 1. The number of fused-ring (bicyclic) bond motifs is 1. The third-order valence-corrected chi connectivity index (χ3v) is 4.93. The molecule has 1 atom stereocenters. The van der Waals surface area contributed by atoms with Gasteiger partial charge in [-0.2, -0.15) is 4.98 Å². The molecule has 1 aliphatic heterocycles. The molecule has 2 aromatic heterocycles. The molecule has 0 aliphatic carbocycles. The summed E-state index contributed by atoms with van der Waals surface area (Å²) in [6.45, 7) is 5.66. The number of nitrogens with two attached hydrogens (primary N) is 1. The summed E-state index contributed by atoms with van der Waals surface area (Å²) in [4.78, 5) is 13.4. The summed E-state index contributed by atoms with van der Waals surface area (Å²) < 4.78 is 0. The van der Waals surface area contributed by atoms with E-state index in [-0.39, 0.29) is 0 Å². The molecule has 3 rings (SSSR count). The fourth-order valence-electron chi connectivity index (χ4n) is 2.81. The van der Waals surface area contributed by atoms with Crippen molar-refractivity contribution in [2.45, 2.75) is 38.7 Å². The molecule has 0 radical (unpaired) electrons. The SMILES string of the molecule is Cc1cc2c(N3CCCC(C)(O)CC3)nc(NN)nc2s1. The topological polar surface area (TPSA) is 87.3 Å². The molecular formula is C14H21N5OS. The first-order chi connectivity index (χ1) is 9.98. The van der Waals surface area contributed by atoms with Gasteiger partial charge in [0.2, 0.25) is 5.95 Å². The lowest BCUT2D eigenvalue weighted by Crippen LogP contribution is -2.29. The summed E-state index contributed by atoms with van der Waals surface area (Å²) in [5.74, 6) is 6.84. The van der Waals surface area contributed by atoms with Gasteiger partial charge in [-0.1, -0.05) is 0 Å². The van der Waals surface area contributed by atoms with Crippen molar-refractivity contribution < 1.29 is 5.11 Å². The zero-order chi connectivity index (χ0) is 15.0. The van der Waals surface area contributed by atoms with Crippen LogP contribution in [0, 0.1) is 6.92 Å². The summed E-state index contributed by atoms with van der Waals surface area (Å²) in [5.41, 5.74) is 1.97. The molecule has 7 heteroatoms. The van der Waals surface area contributed by atoms with E-state index >= 15 is 0 Å². The minimum atomic E-state index is -0.583. The van der Waals surface area contributed by atoms with Gasteiger partial charge in [0, 0.05) is 18.0 Å². The molecule has 0 saturated carbocycles. The van der Waals surface area contributed by atoms with Gasteiger partial charge in [0.25, 0.3) is 0 Å². The van der Waals surface area contributed by atoms with Crippen molar-refractivity contribution in [2.75, 3.05) is 23.4 Å². The van der Waals surface area contributed by atoms with Crippen LogP contribution in [0.2, 0.25) is 0 Å². The smallest absolute Gasteiger partial charge is 0.240 e. The average molecular weight is 307 g/mol. The number of hydrogen-bond acceptors (Lipinski definition) is 7. The molecular weight excluding hydrogens is 286 g/mol. The second-order valence-electron chi connectivity index (χ2n) is 5.93. The highest BCUT2D eigenvalue weighted by Crippen LogP contribution is 2.33. The van der Waals surface area contributed by atoms with Gasteiger partial charge in [0.05, 0.1) is 11.0 Å². The average Bonchev–Trinajstić information content (AvgIpc) is 2.71. The van der Waals surface area contributed by atoms with E-state index < -0.39 is 5.60 Å². The minimum Gasteiger partial charge on any atom is -0.390 e. The molecule has 0 bridgehead atoms. The number of rotatable bonds is 2. The lowest BCUT2D eigenvalue weighted by atomic mass is 9.98. The Morgan fingerprint density at radius 2 is 2.19 bits per heavy atom. The Hall–Kier alpha value is -1.44. The molecule has 1 aliphatic rings. The lowest BCUT2D eigenvalue weighted by Gasteiger charge is -2.24. The highest BCUT2D eigenvalue weighted by Gasteiger charge is 2.26. The molecule has 2 aromatic rings. The van der Waals surface area contributed by atoms with Crippen LogP contribution in [0.1, 0.15) is 31.1 Å². The largest absolute Gasteiger partial charge is 0.390 e. The van der Waals surface area contributed by atoms with E-state index in [9.17, 15) is 5.11 Å². The van der Waals surface area contributed by atoms with Crippen LogP contribution in [0.25, 0.3) is 10.2 Å². The van der Waals surface area contributed by atoms with E-state index in [0.29, 0.717) is 5.95 Å². The van der Waals surface area contributed by atoms with Gasteiger partial charge in [-0.05, 0) is 39.2 Å². The van der Waals surface area contributed by atoms with Gasteiger partial charge in [0.1, 0.15) is 10.6 Å². The minimum absolute atomic E-state index is 0.440. The summed E-state index contributed by atoms with van der Waals surface area (Å²) in [6, 6.07) is 2.12. The molecule has 3 heterocycles. The molecule has 4 N–H and O–H groups in total. The van der Waals surface area contributed by atoms with Crippen molar-refractivity contribution in [1.82, 2.24) is 9.97 Å². The number of thiophene rings is 1. The van der Waals surface area contributed by atoms with Crippen molar-refractivity contribution in [3.8, 4) is 0 Å². The molecule has 1 unspecified atom stereocenters. The third-order valence-electron chi connectivity index (χ3n) is 3.99. The van der Waals surface area contributed by atoms with E-state index in [2.05, 4.69) is 33.3 Å². The fourth-order valence-corrected chi connectivity index (χ4v) is 3.68. The van der Waals surface area contributed by atoms with Gasteiger partial charge in [-0.3, -0.25) is 5.43 Å². The number of aryl methyl sites for hydroxylation is 1. The number of hydrazine groups is 1. The Kier molecular flexibility index (Phi) is 3.73. The zero-order valence-corrected chi connectivity index (χ0v) is 13.2. The van der Waals surface area contributed by atoms with Crippen LogP contribution >= 0.6 is 11.3 Å². The molecule has 114 valence electrons. The number of nitrogens with one attached hydrogen (secondary N) is 1. The third kappa shape index (κ3) is 2.95. The van der Waals surface area contributed by atoms with Gasteiger partial charge in [-0.15, -0.1) is 11.3 Å². The summed E-state index contributed by atoms with van der Waals surface area (Å²) in [5, 5.41) is 11.3. The number of aromatic nitrogens is 2. The van der Waals surface area contributed by atoms with Crippen LogP contribution in [-0.4, -0.2) is 33.8 Å². The number of anilines is 2. The van der Waals surface area contributed by atoms with Crippen LogP contribution in [0.15, 0.2) is 6.07 Å². The summed E-state index contributed by atoms with van der Waals surface area (Å²) >= 11 is 1.64. The maximum Gasteiger partial charge on any atom is 0.240 e. The summed E-state index contributed by atoms with van der Waals surface area (Å²) in [7, 11) is 0. The molecule has 1 saturated heterocycles. The molecule has 0 amide bonds. The van der Waals surface area contributed by atoms with Crippen molar-refractivity contribution in [3.05, 3.63) is 10.9 Å². The molecule has 1 fully saturated rings. The van der Waals surface area contributed by atoms with E-state index in [0.717, 1.165) is 48.4 Å².